The van der Waals surface area contributed by atoms with Crippen LogP contribution in [0.25, 0.3) is 0 Å². The van der Waals surface area contributed by atoms with Gasteiger partial charge in [0.2, 0.25) is 5.88 Å². The summed E-state index contributed by atoms with van der Waals surface area (Å²) >= 11 is 1.18. The van der Waals surface area contributed by atoms with Crippen LogP contribution in [0.4, 0.5) is 13.8 Å². The molecule has 2 heterocycles. The maximum atomic E-state index is 12.0. The van der Waals surface area contributed by atoms with Gasteiger partial charge in [-0.25, -0.2) is 13.8 Å². The molecule has 5 nitrogen and oxygen atoms in total. The van der Waals surface area contributed by atoms with E-state index >= 15 is 0 Å². The van der Waals surface area contributed by atoms with E-state index in [0.717, 1.165) is 5.69 Å². The van der Waals surface area contributed by atoms with Crippen LogP contribution in [0, 0.1) is 6.92 Å². The second-order valence-corrected chi connectivity index (χ2v) is 4.68. The fourth-order valence-electron chi connectivity index (χ4n) is 1.35. The van der Waals surface area contributed by atoms with Gasteiger partial charge in [0, 0.05) is 12.3 Å². The lowest BCUT2D eigenvalue weighted by atomic mass is 10.2. The molecule has 2 aromatic rings. The number of aromatic nitrogens is 2. The Labute approximate surface area is 117 Å². The number of carbonyl (C=O) groups excluding carboxylic acids is 1. The number of pyridine rings is 1. The van der Waals surface area contributed by atoms with Gasteiger partial charge < -0.3 is 10.1 Å². The molecule has 0 aliphatic carbocycles. The van der Waals surface area contributed by atoms with Crippen molar-refractivity contribution in [1.82, 2.24) is 9.36 Å². The predicted octanol–water partition coefficient (Wildman–Crippen LogP) is 2.74. The van der Waals surface area contributed by atoms with E-state index in [1.165, 1.54) is 29.9 Å². The third-order valence-corrected chi connectivity index (χ3v) is 3.02. The number of carbonyl (C=O) groups is 1. The lowest BCUT2D eigenvalue weighted by Gasteiger charge is -2.05. The number of nitrogens with one attached hydrogen (secondary N) is 1. The van der Waals surface area contributed by atoms with Crippen LogP contribution in [0.1, 0.15) is 16.1 Å². The Morgan fingerprint density at radius 1 is 1.50 bits per heavy atom. The van der Waals surface area contributed by atoms with E-state index in [1.807, 2.05) is 6.92 Å². The molecule has 0 aliphatic rings. The van der Waals surface area contributed by atoms with E-state index < -0.39 is 13.0 Å². The fourth-order valence-corrected chi connectivity index (χ4v) is 2.01. The number of hydrogen-bond donors (Lipinski definition) is 1. The maximum Gasteiger partial charge on any atom is 0.272 e. The quantitative estimate of drug-likeness (QED) is 0.922. The maximum absolute atomic E-state index is 12.0. The van der Waals surface area contributed by atoms with Crippen LogP contribution in [0.5, 0.6) is 5.88 Å². The number of aryl methyl sites for hydroxylation is 1. The largest absolute Gasteiger partial charge is 0.472 e. The van der Waals surface area contributed by atoms with Crippen molar-refractivity contribution in [1.29, 1.82) is 0 Å². The first-order valence-corrected chi connectivity index (χ1v) is 6.43. The SMILES string of the molecule is Cc1cc(NC(=O)c2ccc(OCC(F)F)nc2)sn1. The first-order valence-electron chi connectivity index (χ1n) is 5.66. The number of hydrogen-bond acceptors (Lipinski definition) is 5. The molecule has 0 aliphatic heterocycles. The van der Waals surface area contributed by atoms with Gasteiger partial charge in [-0.1, -0.05) is 0 Å². The molecule has 2 aromatic heterocycles. The summed E-state index contributed by atoms with van der Waals surface area (Å²) in [4.78, 5) is 15.7. The Bertz CT molecular complexity index is 587. The van der Waals surface area contributed by atoms with Crippen LogP contribution >= 0.6 is 11.5 Å². The first-order chi connectivity index (χ1) is 9.54. The predicted molar refractivity (Wildman–Crippen MR) is 70.5 cm³/mol. The van der Waals surface area contributed by atoms with Crippen molar-refractivity contribution in [2.24, 2.45) is 0 Å². The summed E-state index contributed by atoms with van der Waals surface area (Å²) in [6.45, 7) is 1.10. The summed E-state index contributed by atoms with van der Waals surface area (Å²) in [5.74, 6) is -0.294. The number of amides is 1. The molecule has 2 rings (SSSR count). The highest BCUT2D eigenvalue weighted by Crippen LogP contribution is 2.17. The number of ether oxygens (including phenoxy) is 1. The molecule has 8 heteroatoms. The molecule has 0 aromatic carbocycles. The highest BCUT2D eigenvalue weighted by Gasteiger charge is 2.09. The number of nitrogens with zero attached hydrogens (tertiary/aromatic N) is 2. The second-order valence-electron chi connectivity index (χ2n) is 3.87. The Hall–Kier alpha value is -2.09. The van der Waals surface area contributed by atoms with Gasteiger partial charge >= 0.3 is 0 Å². The molecule has 0 atom stereocenters. The number of anilines is 1. The molecule has 106 valence electrons. The fraction of sp³-hybridized carbons (Fsp3) is 0.250. The van der Waals surface area contributed by atoms with E-state index in [9.17, 15) is 13.6 Å². The van der Waals surface area contributed by atoms with Gasteiger partial charge in [-0.15, -0.1) is 0 Å². The van der Waals surface area contributed by atoms with Crippen molar-refractivity contribution in [2.75, 3.05) is 11.9 Å². The van der Waals surface area contributed by atoms with Gasteiger partial charge in [0.15, 0.2) is 6.61 Å². The van der Waals surface area contributed by atoms with Crippen LogP contribution in [0.3, 0.4) is 0 Å². The van der Waals surface area contributed by atoms with Gasteiger partial charge in [-0.3, -0.25) is 4.79 Å². The van der Waals surface area contributed by atoms with Gasteiger partial charge in [0.1, 0.15) is 5.00 Å². The summed E-state index contributed by atoms with van der Waals surface area (Å²) in [6, 6.07) is 4.57. The second kappa shape index (κ2) is 6.38. The Balaban J connectivity index is 1.96. The first kappa shape index (κ1) is 14.3. The Kier molecular flexibility index (Phi) is 4.57. The minimum atomic E-state index is -2.56. The molecule has 0 unspecified atom stereocenters. The molecular weight excluding hydrogens is 288 g/mol. The average molecular weight is 299 g/mol. The number of rotatable bonds is 5. The zero-order valence-electron chi connectivity index (χ0n) is 10.5. The van der Waals surface area contributed by atoms with Crippen molar-refractivity contribution >= 4 is 22.4 Å². The summed E-state index contributed by atoms with van der Waals surface area (Å²) in [7, 11) is 0. The number of halogens is 2. The van der Waals surface area contributed by atoms with E-state index in [2.05, 4.69) is 14.7 Å². The van der Waals surface area contributed by atoms with Gasteiger partial charge in [-0.05, 0) is 30.6 Å². The van der Waals surface area contributed by atoms with E-state index in [-0.39, 0.29) is 11.8 Å². The molecule has 1 N–H and O–H groups in total. The average Bonchev–Trinajstić information content (AvgIpc) is 2.82. The smallest absolute Gasteiger partial charge is 0.272 e. The molecule has 20 heavy (non-hydrogen) atoms. The summed E-state index contributed by atoms with van der Waals surface area (Å²) < 4.78 is 32.7. The molecule has 0 fully saturated rings. The zero-order chi connectivity index (χ0) is 14.5. The lowest BCUT2D eigenvalue weighted by molar-refractivity contribution is 0.0795. The minimum absolute atomic E-state index is 0.0514. The third-order valence-electron chi connectivity index (χ3n) is 2.22. The zero-order valence-corrected chi connectivity index (χ0v) is 11.3. The standard InChI is InChI=1S/C12H11F2N3O2S/c1-7-4-11(20-17-7)16-12(18)8-2-3-10(15-5-8)19-6-9(13)14/h2-5,9H,6H2,1H3,(H,16,18). The van der Waals surface area contributed by atoms with Gasteiger partial charge in [0.25, 0.3) is 12.3 Å². The summed E-state index contributed by atoms with van der Waals surface area (Å²) in [5.41, 5.74) is 1.12. The third kappa shape index (κ3) is 3.95. The molecule has 0 bridgehead atoms. The molecule has 0 saturated carbocycles. The summed E-state index contributed by atoms with van der Waals surface area (Å²) in [6.07, 6.45) is -1.29. The highest BCUT2D eigenvalue weighted by molar-refractivity contribution is 7.10. The monoisotopic (exact) mass is 299 g/mol. The van der Waals surface area contributed by atoms with Crippen LogP contribution in [0.2, 0.25) is 0 Å². The van der Waals surface area contributed by atoms with Crippen molar-refractivity contribution < 1.29 is 18.3 Å². The lowest BCUT2D eigenvalue weighted by Crippen LogP contribution is -2.12. The number of alkyl halides is 2. The normalized spacial score (nSPS) is 10.6. The van der Waals surface area contributed by atoms with Crippen LogP contribution in [-0.2, 0) is 0 Å². The van der Waals surface area contributed by atoms with Crippen LogP contribution < -0.4 is 10.1 Å². The topological polar surface area (TPSA) is 64.1 Å². The van der Waals surface area contributed by atoms with Crippen molar-refractivity contribution in [3.05, 3.63) is 35.7 Å². The molecule has 1 amide bonds. The van der Waals surface area contributed by atoms with Crippen molar-refractivity contribution in [3.8, 4) is 5.88 Å². The Morgan fingerprint density at radius 2 is 2.30 bits per heavy atom. The Morgan fingerprint density at radius 3 is 2.85 bits per heavy atom. The summed E-state index contributed by atoms with van der Waals surface area (Å²) in [5, 5.41) is 3.30. The van der Waals surface area contributed by atoms with Gasteiger partial charge in [0.05, 0.1) is 11.3 Å². The molecule has 0 radical (unpaired) electrons. The molecular formula is C12H11F2N3O2S. The van der Waals surface area contributed by atoms with Crippen LogP contribution in [-0.4, -0.2) is 28.3 Å². The van der Waals surface area contributed by atoms with E-state index in [0.29, 0.717) is 10.6 Å². The van der Waals surface area contributed by atoms with Gasteiger partial charge in [-0.2, -0.15) is 4.37 Å². The molecule has 0 spiro atoms. The minimum Gasteiger partial charge on any atom is -0.472 e. The molecule has 0 saturated heterocycles. The van der Waals surface area contributed by atoms with Crippen LogP contribution in [0.15, 0.2) is 24.4 Å². The van der Waals surface area contributed by atoms with E-state index in [1.54, 1.807) is 6.07 Å². The highest BCUT2D eigenvalue weighted by atomic mass is 32.1. The van der Waals surface area contributed by atoms with E-state index in [4.69, 9.17) is 4.74 Å². The van der Waals surface area contributed by atoms with Crippen molar-refractivity contribution in [3.63, 3.8) is 0 Å². The van der Waals surface area contributed by atoms with Crippen molar-refractivity contribution in [2.45, 2.75) is 13.3 Å².